The van der Waals surface area contributed by atoms with Crippen molar-refractivity contribution in [3.8, 4) is 17.2 Å². The van der Waals surface area contributed by atoms with Crippen LogP contribution in [-0.4, -0.2) is 37.6 Å². The van der Waals surface area contributed by atoms with E-state index >= 15 is 0 Å². The molecule has 7 nitrogen and oxygen atoms in total. The topological polar surface area (TPSA) is 83.1 Å². The van der Waals surface area contributed by atoms with Gasteiger partial charge in [0.25, 0.3) is 5.91 Å². The number of carbonyl (C=O) groups is 2. The van der Waals surface area contributed by atoms with E-state index in [-0.39, 0.29) is 22.9 Å². The number of nitrogens with one attached hydrogen (secondary N) is 1. The molecule has 1 N–H and O–H groups in total. The molecule has 0 radical (unpaired) electrons. The molecule has 0 bridgehead atoms. The first kappa shape index (κ1) is 19.7. The van der Waals surface area contributed by atoms with Crippen LogP contribution in [0, 0.1) is 0 Å². The van der Waals surface area contributed by atoms with Crippen molar-refractivity contribution in [1.29, 1.82) is 0 Å². The number of thioether (sulfide) groups is 1. The Morgan fingerprint density at radius 2 is 1.82 bits per heavy atom. The summed E-state index contributed by atoms with van der Waals surface area (Å²) < 4.78 is 44.5. The Morgan fingerprint density at radius 3 is 2.54 bits per heavy atom. The zero-order chi connectivity index (χ0) is 20.1. The van der Waals surface area contributed by atoms with E-state index in [4.69, 9.17) is 9.47 Å². The highest BCUT2D eigenvalue weighted by Crippen LogP contribution is 2.42. The van der Waals surface area contributed by atoms with Crippen molar-refractivity contribution in [1.82, 2.24) is 0 Å². The van der Waals surface area contributed by atoms with Gasteiger partial charge >= 0.3 is 12.3 Å². The smallest absolute Gasteiger partial charge is 0.497 e. The lowest BCUT2D eigenvalue weighted by molar-refractivity contribution is -0.286. The third-order valence-electron chi connectivity index (χ3n) is 3.47. The number of alkyl halides is 2. The Hall–Kier alpha value is -3.01. The molecule has 0 fully saturated rings. The molecule has 0 aromatic heterocycles. The summed E-state index contributed by atoms with van der Waals surface area (Å²) in [7, 11) is 1.56. The van der Waals surface area contributed by atoms with Gasteiger partial charge < -0.3 is 24.3 Å². The molecule has 0 spiro atoms. The Bertz CT molecular complexity index is 875. The third-order valence-corrected chi connectivity index (χ3v) is 4.45. The molecule has 0 saturated heterocycles. The normalized spacial score (nSPS) is 13.7. The first-order chi connectivity index (χ1) is 13.3. The molecule has 0 atom stereocenters. The SMILES string of the molecule is COc1ccc(SCC(=O)OCC(=O)Nc2ccc3c(c2)OC(F)(F)O3)cc1. The first-order valence-electron chi connectivity index (χ1n) is 7.97. The number of esters is 1. The number of hydrogen-bond acceptors (Lipinski definition) is 7. The third kappa shape index (κ3) is 5.26. The number of halogens is 2. The average molecular weight is 411 g/mol. The zero-order valence-electron chi connectivity index (χ0n) is 14.6. The fourth-order valence-corrected chi connectivity index (χ4v) is 2.92. The number of ether oxygens (including phenoxy) is 4. The van der Waals surface area contributed by atoms with E-state index in [9.17, 15) is 18.4 Å². The molecular formula is C18H15F2NO6S. The number of carbonyl (C=O) groups excluding carboxylic acids is 2. The lowest BCUT2D eigenvalue weighted by Crippen LogP contribution is -2.25. The minimum atomic E-state index is -3.73. The summed E-state index contributed by atoms with van der Waals surface area (Å²) in [5.41, 5.74) is 0.203. The van der Waals surface area contributed by atoms with Gasteiger partial charge in [-0.05, 0) is 36.4 Å². The Balaban J connectivity index is 1.42. The van der Waals surface area contributed by atoms with Crippen LogP contribution in [0.1, 0.15) is 0 Å². The van der Waals surface area contributed by atoms with Crippen LogP contribution < -0.4 is 19.5 Å². The lowest BCUT2D eigenvalue weighted by Gasteiger charge is -2.07. The summed E-state index contributed by atoms with van der Waals surface area (Å²) >= 11 is 1.25. The van der Waals surface area contributed by atoms with E-state index in [0.29, 0.717) is 5.75 Å². The monoisotopic (exact) mass is 411 g/mol. The van der Waals surface area contributed by atoms with Crippen molar-refractivity contribution in [3.63, 3.8) is 0 Å². The van der Waals surface area contributed by atoms with E-state index < -0.39 is 24.8 Å². The highest BCUT2D eigenvalue weighted by atomic mass is 32.2. The van der Waals surface area contributed by atoms with Gasteiger partial charge in [-0.1, -0.05) is 0 Å². The molecule has 0 saturated carbocycles. The maximum Gasteiger partial charge on any atom is 0.586 e. The van der Waals surface area contributed by atoms with Crippen molar-refractivity contribution in [2.24, 2.45) is 0 Å². The van der Waals surface area contributed by atoms with Gasteiger partial charge in [-0.25, -0.2) is 0 Å². The number of rotatable bonds is 7. The minimum absolute atomic E-state index is 0.0265. The fraction of sp³-hybridized carbons (Fsp3) is 0.222. The first-order valence-corrected chi connectivity index (χ1v) is 8.95. The standard InChI is InChI=1S/C18H15F2NO6S/c1-24-12-3-5-13(6-4-12)28-10-17(23)25-9-16(22)21-11-2-7-14-15(8-11)27-18(19,20)26-14/h2-8H,9-10H2,1H3,(H,21,22). The molecule has 2 aromatic carbocycles. The Kier molecular flexibility index (Phi) is 5.88. The van der Waals surface area contributed by atoms with Crippen LogP contribution in [-0.2, 0) is 14.3 Å². The van der Waals surface area contributed by atoms with E-state index in [2.05, 4.69) is 14.8 Å². The summed E-state index contributed by atoms with van der Waals surface area (Å²) in [4.78, 5) is 24.5. The van der Waals surface area contributed by atoms with Crippen LogP contribution in [0.4, 0.5) is 14.5 Å². The maximum atomic E-state index is 13.0. The van der Waals surface area contributed by atoms with Crippen LogP contribution in [0.5, 0.6) is 17.2 Å². The van der Waals surface area contributed by atoms with Crippen molar-refractivity contribution >= 4 is 29.3 Å². The van der Waals surface area contributed by atoms with E-state index in [0.717, 1.165) is 4.90 Å². The number of methoxy groups -OCH3 is 1. The van der Waals surface area contributed by atoms with Gasteiger partial charge in [0.15, 0.2) is 18.1 Å². The number of anilines is 1. The predicted molar refractivity (Wildman–Crippen MR) is 96.0 cm³/mol. The van der Waals surface area contributed by atoms with Crippen LogP contribution in [0.3, 0.4) is 0 Å². The van der Waals surface area contributed by atoms with Crippen LogP contribution >= 0.6 is 11.8 Å². The largest absolute Gasteiger partial charge is 0.586 e. The van der Waals surface area contributed by atoms with E-state index in [1.54, 1.807) is 31.4 Å². The Labute approximate surface area is 162 Å². The zero-order valence-corrected chi connectivity index (χ0v) is 15.4. The van der Waals surface area contributed by atoms with Crippen molar-refractivity contribution in [2.75, 3.05) is 24.8 Å². The van der Waals surface area contributed by atoms with Crippen LogP contribution in [0.25, 0.3) is 0 Å². The van der Waals surface area contributed by atoms with Gasteiger partial charge in [0.2, 0.25) is 0 Å². The molecule has 2 aromatic rings. The number of benzene rings is 2. The van der Waals surface area contributed by atoms with E-state index in [1.165, 1.54) is 30.0 Å². The average Bonchev–Trinajstić information content (AvgIpc) is 2.98. The number of amides is 1. The summed E-state index contributed by atoms with van der Waals surface area (Å²) in [6.07, 6.45) is -3.73. The highest BCUT2D eigenvalue weighted by molar-refractivity contribution is 8.00. The van der Waals surface area contributed by atoms with Gasteiger partial charge in [-0.2, -0.15) is 0 Å². The minimum Gasteiger partial charge on any atom is -0.497 e. The lowest BCUT2D eigenvalue weighted by atomic mass is 10.3. The van der Waals surface area contributed by atoms with Gasteiger partial charge in [0.1, 0.15) is 5.75 Å². The molecule has 0 aliphatic carbocycles. The second kappa shape index (κ2) is 8.34. The summed E-state index contributed by atoms with van der Waals surface area (Å²) in [6, 6.07) is 10.9. The van der Waals surface area contributed by atoms with Crippen molar-refractivity contribution in [2.45, 2.75) is 11.2 Å². The van der Waals surface area contributed by atoms with Crippen LogP contribution in [0.15, 0.2) is 47.4 Å². The van der Waals surface area contributed by atoms with Gasteiger partial charge in [0, 0.05) is 16.6 Å². The molecule has 1 amide bonds. The second-order valence-electron chi connectivity index (χ2n) is 5.50. The molecule has 148 valence electrons. The quantitative estimate of drug-likeness (QED) is 0.553. The van der Waals surface area contributed by atoms with Gasteiger partial charge in [-0.3, -0.25) is 9.59 Å². The number of fused-ring (bicyclic) bond motifs is 1. The van der Waals surface area contributed by atoms with Crippen LogP contribution in [0.2, 0.25) is 0 Å². The van der Waals surface area contributed by atoms with Gasteiger partial charge in [-0.15, -0.1) is 20.5 Å². The number of hydrogen-bond donors (Lipinski definition) is 1. The molecule has 1 heterocycles. The molecule has 10 heteroatoms. The maximum absolute atomic E-state index is 13.0. The molecule has 3 rings (SSSR count). The predicted octanol–water partition coefficient (Wildman–Crippen LogP) is 3.29. The van der Waals surface area contributed by atoms with Crippen molar-refractivity contribution in [3.05, 3.63) is 42.5 Å². The summed E-state index contributed by atoms with van der Waals surface area (Å²) in [5.74, 6) is -0.787. The second-order valence-corrected chi connectivity index (χ2v) is 6.55. The molecular weight excluding hydrogens is 396 g/mol. The fourth-order valence-electron chi connectivity index (χ4n) is 2.23. The Morgan fingerprint density at radius 1 is 1.11 bits per heavy atom. The van der Waals surface area contributed by atoms with Crippen molar-refractivity contribution < 1.29 is 37.3 Å². The molecule has 0 unspecified atom stereocenters. The summed E-state index contributed by atoms with van der Waals surface area (Å²) in [5, 5.41) is 2.42. The van der Waals surface area contributed by atoms with E-state index in [1.807, 2.05) is 0 Å². The highest BCUT2D eigenvalue weighted by Gasteiger charge is 2.43. The molecule has 1 aliphatic rings. The molecule has 28 heavy (non-hydrogen) atoms. The summed E-state index contributed by atoms with van der Waals surface area (Å²) in [6.45, 7) is -0.507. The van der Waals surface area contributed by atoms with Gasteiger partial charge in [0.05, 0.1) is 12.9 Å². The molecule has 1 aliphatic heterocycles.